The van der Waals surface area contributed by atoms with E-state index >= 15 is 0 Å². The van der Waals surface area contributed by atoms with Gasteiger partial charge >= 0.3 is 0 Å². The molecule has 4 nitrogen and oxygen atoms in total. The smallest absolute Gasteiger partial charge is 0.115 e. The maximum atomic E-state index is 5.52. The van der Waals surface area contributed by atoms with E-state index in [1.54, 1.807) is 18.7 Å². The second kappa shape index (κ2) is 5.04. The summed E-state index contributed by atoms with van der Waals surface area (Å²) in [6, 6.07) is 6.02. The molecule has 2 heterocycles. The first-order valence-electron chi connectivity index (χ1n) is 6.17. The second-order valence-corrected chi connectivity index (χ2v) is 4.35. The van der Waals surface area contributed by atoms with Gasteiger partial charge in [0, 0.05) is 18.1 Å². The van der Waals surface area contributed by atoms with E-state index in [-0.39, 0.29) is 6.10 Å². The molecule has 1 aliphatic heterocycles. The molecular weight excluding hydrogens is 226 g/mol. The van der Waals surface area contributed by atoms with Gasteiger partial charge in [-0.1, -0.05) is 0 Å². The molecule has 1 unspecified atom stereocenters. The molecule has 0 radical (unpaired) electrons. The van der Waals surface area contributed by atoms with E-state index in [0.29, 0.717) is 0 Å². The number of benzene rings is 1. The van der Waals surface area contributed by atoms with Crippen molar-refractivity contribution in [3.05, 3.63) is 42.9 Å². The molecule has 0 saturated heterocycles. The van der Waals surface area contributed by atoms with Gasteiger partial charge < -0.3 is 10.1 Å². The lowest BCUT2D eigenvalue weighted by atomic mass is 10.1. The standard InChI is InChI=1S/C14H15N3O/c1-2-8-18-12(3-1)10-17-11-4-5-13-14(9-11)16-7-6-15-13/h2,4-9,12,17H,1,3,10H2. The molecule has 0 bridgehead atoms. The summed E-state index contributed by atoms with van der Waals surface area (Å²) in [6.45, 7) is 0.816. The third-order valence-corrected chi connectivity index (χ3v) is 3.03. The number of hydrogen-bond donors (Lipinski definition) is 1. The van der Waals surface area contributed by atoms with Gasteiger partial charge in [-0.2, -0.15) is 0 Å². The van der Waals surface area contributed by atoms with Crippen LogP contribution in [0.4, 0.5) is 5.69 Å². The van der Waals surface area contributed by atoms with Crippen LogP contribution in [0.15, 0.2) is 42.9 Å². The average Bonchev–Trinajstić information content (AvgIpc) is 2.46. The number of anilines is 1. The Morgan fingerprint density at radius 2 is 2.11 bits per heavy atom. The highest BCUT2D eigenvalue weighted by Crippen LogP contribution is 2.16. The van der Waals surface area contributed by atoms with Gasteiger partial charge in [0.15, 0.2) is 0 Å². The fraction of sp³-hybridized carbons (Fsp3) is 0.286. The zero-order valence-electron chi connectivity index (χ0n) is 10.0. The van der Waals surface area contributed by atoms with E-state index in [9.17, 15) is 0 Å². The van der Waals surface area contributed by atoms with Crippen LogP contribution < -0.4 is 5.32 Å². The molecule has 1 aliphatic rings. The minimum Gasteiger partial charge on any atom is -0.497 e. The Morgan fingerprint density at radius 3 is 2.94 bits per heavy atom. The van der Waals surface area contributed by atoms with Crippen LogP contribution in [0.2, 0.25) is 0 Å². The first kappa shape index (κ1) is 11.0. The Hall–Kier alpha value is -2.10. The van der Waals surface area contributed by atoms with Crippen molar-refractivity contribution < 1.29 is 4.74 Å². The van der Waals surface area contributed by atoms with Gasteiger partial charge in [0.2, 0.25) is 0 Å². The van der Waals surface area contributed by atoms with Gasteiger partial charge in [-0.05, 0) is 37.1 Å². The molecule has 1 atom stereocenters. The summed E-state index contributed by atoms with van der Waals surface area (Å²) in [4.78, 5) is 8.54. The lowest BCUT2D eigenvalue weighted by Crippen LogP contribution is -2.22. The first-order chi connectivity index (χ1) is 8.92. The van der Waals surface area contributed by atoms with Crippen LogP contribution in [0.5, 0.6) is 0 Å². The molecular formula is C14H15N3O. The van der Waals surface area contributed by atoms with Crippen LogP contribution in [-0.2, 0) is 4.74 Å². The minimum absolute atomic E-state index is 0.257. The number of allylic oxidation sites excluding steroid dienone is 1. The van der Waals surface area contributed by atoms with Gasteiger partial charge in [0.25, 0.3) is 0 Å². The highest BCUT2D eigenvalue weighted by atomic mass is 16.5. The zero-order chi connectivity index (χ0) is 12.2. The van der Waals surface area contributed by atoms with E-state index in [1.165, 1.54) is 0 Å². The lowest BCUT2D eigenvalue weighted by molar-refractivity contribution is 0.135. The summed E-state index contributed by atoms with van der Waals surface area (Å²) < 4.78 is 5.52. The first-order valence-corrected chi connectivity index (χ1v) is 6.17. The molecule has 1 aromatic heterocycles. The monoisotopic (exact) mass is 241 g/mol. The summed E-state index contributed by atoms with van der Waals surface area (Å²) in [5.74, 6) is 0. The normalized spacial score (nSPS) is 18.6. The molecule has 0 aliphatic carbocycles. The summed E-state index contributed by atoms with van der Waals surface area (Å²) in [6.07, 6.45) is 9.68. The predicted molar refractivity (Wildman–Crippen MR) is 71.3 cm³/mol. The van der Waals surface area contributed by atoms with E-state index in [0.717, 1.165) is 36.1 Å². The second-order valence-electron chi connectivity index (χ2n) is 4.35. The van der Waals surface area contributed by atoms with Crippen molar-refractivity contribution in [1.82, 2.24) is 9.97 Å². The van der Waals surface area contributed by atoms with E-state index in [2.05, 4.69) is 21.4 Å². The number of nitrogens with one attached hydrogen (secondary N) is 1. The Morgan fingerprint density at radius 1 is 1.22 bits per heavy atom. The van der Waals surface area contributed by atoms with E-state index in [4.69, 9.17) is 4.74 Å². The quantitative estimate of drug-likeness (QED) is 0.897. The van der Waals surface area contributed by atoms with Crippen LogP contribution in [-0.4, -0.2) is 22.6 Å². The summed E-state index contributed by atoms with van der Waals surface area (Å²) in [7, 11) is 0. The highest BCUT2D eigenvalue weighted by molar-refractivity contribution is 5.78. The summed E-state index contributed by atoms with van der Waals surface area (Å²) in [5.41, 5.74) is 2.88. The molecule has 92 valence electrons. The van der Waals surface area contributed by atoms with Crippen LogP contribution in [0, 0.1) is 0 Å². The van der Waals surface area contributed by atoms with Crippen LogP contribution >= 0.6 is 0 Å². The van der Waals surface area contributed by atoms with Crippen LogP contribution in [0.25, 0.3) is 11.0 Å². The molecule has 3 rings (SSSR count). The molecule has 1 N–H and O–H groups in total. The summed E-state index contributed by atoms with van der Waals surface area (Å²) >= 11 is 0. The fourth-order valence-corrected chi connectivity index (χ4v) is 2.04. The van der Waals surface area contributed by atoms with Crippen molar-refractivity contribution in [3.8, 4) is 0 Å². The van der Waals surface area contributed by atoms with Crippen LogP contribution in [0.1, 0.15) is 12.8 Å². The van der Waals surface area contributed by atoms with E-state index in [1.807, 2.05) is 18.2 Å². The van der Waals surface area contributed by atoms with Crippen molar-refractivity contribution >= 4 is 16.7 Å². The molecule has 1 aromatic carbocycles. The van der Waals surface area contributed by atoms with Gasteiger partial charge in [0.05, 0.1) is 23.8 Å². The molecule has 0 saturated carbocycles. The lowest BCUT2D eigenvalue weighted by Gasteiger charge is -2.20. The number of hydrogen-bond acceptors (Lipinski definition) is 4. The topological polar surface area (TPSA) is 47.0 Å². The molecule has 2 aromatic rings. The van der Waals surface area contributed by atoms with Crippen molar-refractivity contribution in [2.75, 3.05) is 11.9 Å². The fourth-order valence-electron chi connectivity index (χ4n) is 2.04. The Labute approximate surface area is 106 Å². The maximum Gasteiger partial charge on any atom is 0.115 e. The third-order valence-electron chi connectivity index (χ3n) is 3.03. The maximum absolute atomic E-state index is 5.52. The average molecular weight is 241 g/mol. The van der Waals surface area contributed by atoms with Crippen molar-refractivity contribution in [3.63, 3.8) is 0 Å². The van der Waals surface area contributed by atoms with Crippen molar-refractivity contribution in [1.29, 1.82) is 0 Å². The SMILES string of the molecule is C1=COC(CNc2ccc3nccnc3c2)CC1. The third kappa shape index (κ3) is 2.42. The van der Waals surface area contributed by atoms with Gasteiger partial charge in [-0.15, -0.1) is 0 Å². The van der Waals surface area contributed by atoms with Gasteiger partial charge in [0.1, 0.15) is 6.10 Å². The largest absolute Gasteiger partial charge is 0.497 e. The number of rotatable bonds is 3. The summed E-state index contributed by atoms with van der Waals surface area (Å²) in [5, 5.41) is 3.38. The van der Waals surface area contributed by atoms with Crippen molar-refractivity contribution in [2.24, 2.45) is 0 Å². The molecule has 18 heavy (non-hydrogen) atoms. The number of ether oxygens (including phenoxy) is 1. The van der Waals surface area contributed by atoms with Gasteiger partial charge in [-0.3, -0.25) is 9.97 Å². The molecule has 0 amide bonds. The molecule has 0 spiro atoms. The van der Waals surface area contributed by atoms with Gasteiger partial charge in [-0.25, -0.2) is 0 Å². The predicted octanol–water partition coefficient (Wildman–Crippen LogP) is 2.73. The number of nitrogens with zero attached hydrogens (tertiary/aromatic N) is 2. The Bertz CT molecular complexity index is 568. The molecule has 4 heteroatoms. The Kier molecular flexibility index (Phi) is 3.08. The zero-order valence-corrected chi connectivity index (χ0v) is 10.0. The minimum atomic E-state index is 0.257. The van der Waals surface area contributed by atoms with Crippen molar-refractivity contribution in [2.45, 2.75) is 18.9 Å². The molecule has 0 fully saturated rings. The number of fused-ring (bicyclic) bond motifs is 1. The number of aromatic nitrogens is 2. The Balaban J connectivity index is 1.69. The van der Waals surface area contributed by atoms with Crippen LogP contribution in [0.3, 0.4) is 0 Å². The highest BCUT2D eigenvalue weighted by Gasteiger charge is 2.10. The van der Waals surface area contributed by atoms with E-state index < -0.39 is 0 Å².